The van der Waals surface area contributed by atoms with Crippen LogP contribution in [0, 0.1) is 12.3 Å². The number of amides is 1. The average Bonchev–Trinajstić information content (AvgIpc) is 2.75. The normalized spacial score (nSPS) is 16.6. The second-order valence-electron chi connectivity index (χ2n) is 4.63. The van der Waals surface area contributed by atoms with E-state index in [1.165, 1.54) is 0 Å². The summed E-state index contributed by atoms with van der Waals surface area (Å²) in [7, 11) is 0. The number of terminal acetylenes is 1. The van der Waals surface area contributed by atoms with E-state index in [0.29, 0.717) is 6.54 Å². The van der Waals surface area contributed by atoms with Gasteiger partial charge >= 0.3 is 0 Å². The smallest absolute Gasteiger partial charge is 0.255 e. The monoisotopic (exact) mass is 262 g/mol. The average molecular weight is 262 g/mol. The van der Waals surface area contributed by atoms with Crippen LogP contribution in [0.1, 0.15) is 11.6 Å². The first-order chi connectivity index (χ1) is 9.81. The highest BCUT2D eigenvalue weighted by Crippen LogP contribution is 2.37. The number of fused-ring (bicyclic) bond motifs is 1. The molecule has 0 aromatic heterocycles. The van der Waals surface area contributed by atoms with Crippen LogP contribution in [0.15, 0.2) is 54.6 Å². The summed E-state index contributed by atoms with van der Waals surface area (Å²) in [6.45, 7) is 0.294. The molecular weight excluding hydrogens is 248 g/mol. The summed E-state index contributed by atoms with van der Waals surface area (Å²) in [4.78, 5) is 14.2. The van der Waals surface area contributed by atoms with E-state index < -0.39 is 0 Å². The van der Waals surface area contributed by atoms with E-state index in [0.717, 1.165) is 16.9 Å². The van der Waals surface area contributed by atoms with Gasteiger partial charge in [0.15, 0.2) is 0 Å². The van der Waals surface area contributed by atoms with Crippen molar-refractivity contribution < 1.29 is 4.79 Å². The van der Waals surface area contributed by atoms with Crippen molar-refractivity contribution in [2.45, 2.75) is 6.04 Å². The Balaban J connectivity index is 1.96. The van der Waals surface area contributed by atoms with Crippen LogP contribution in [-0.4, -0.2) is 12.5 Å². The zero-order valence-corrected chi connectivity index (χ0v) is 10.9. The molecule has 0 bridgehead atoms. The molecule has 1 amide bonds. The third-order valence-electron chi connectivity index (χ3n) is 3.39. The van der Waals surface area contributed by atoms with Crippen LogP contribution in [0.25, 0.3) is 0 Å². The summed E-state index contributed by atoms with van der Waals surface area (Å²) in [6.07, 6.45) is 5.36. The van der Waals surface area contributed by atoms with E-state index in [2.05, 4.69) is 11.2 Å². The topological polar surface area (TPSA) is 32.3 Å². The molecule has 1 N–H and O–H groups in total. The minimum atomic E-state index is -0.373. The predicted octanol–water partition coefficient (Wildman–Crippen LogP) is 2.82. The van der Waals surface area contributed by atoms with Gasteiger partial charge in [-0.25, -0.2) is 0 Å². The SMILES string of the molecule is C#CCN1C(=O)C(Nc2ccccc2)c2ccccc21. The third kappa shape index (κ3) is 2.02. The molecule has 1 unspecified atom stereocenters. The maximum atomic E-state index is 12.5. The highest BCUT2D eigenvalue weighted by Gasteiger charge is 2.36. The molecule has 2 aromatic carbocycles. The maximum absolute atomic E-state index is 12.5. The van der Waals surface area contributed by atoms with Gasteiger partial charge in [0.25, 0.3) is 5.91 Å². The Labute approximate surface area is 118 Å². The summed E-state index contributed by atoms with van der Waals surface area (Å²) in [5, 5.41) is 3.28. The van der Waals surface area contributed by atoms with Crippen LogP contribution in [-0.2, 0) is 4.79 Å². The second-order valence-corrected chi connectivity index (χ2v) is 4.63. The number of nitrogens with zero attached hydrogens (tertiary/aromatic N) is 1. The second kappa shape index (κ2) is 5.10. The Morgan fingerprint density at radius 2 is 1.80 bits per heavy atom. The largest absolute Gasteiger partial charge is 0.370 e. The van der Waals surface area contributed by atoms with Crippen molar-refractivity contribution in [2.24, 2.45) is 0 Å². The number of carbonyl (C=O) groups excluding carboxylic acids is 1. The predicted molar refractivity (Wildman–Crippen MR) is 80.4 cm³/mol. The molecule has 0 saturated heterocycles. The van der Waals surface area contributed by atoms with E-state index in [9.17, 15) is 4.79 Å². The van der Waals surface area contributed by atoms with Crippen molar-refractivity contribution in [2.75, 3.05) is 16.8 Å². The van der Waals surface area contributed by atoms with Crippen LogP contribution in [0.3, 0.4) is 0 Å². The molecule has 0 saturated carbocycles. The van der Waals surface area contributed by atoms with Gasteiger partial charge in [-0.05, 0) is 18.2 Å². The number of para-hydroxylation sites is 2. The molecule has 1 aliphatic rings. The van der Waals surface area contributed by atoms with Gasteiger partial charge in [-0.1, -0.05) is 42.3 Å². The quantitative estimate of drug-likeness (QED) is 0.863. The molecule has 0 aliphatic carbocycles. The molecule has 98 valence electrons. The highest BCUT2D eigenvalue weighted by molar-refractivity contribution is 6.06. The van der Waals surface area contributed by atoms with Gasteiger partial charge < -0.3 is 5.32 Å². The summed E-state index contributed by atoms with van der Waals surface area (Å²) in [6, 6.07) is 17.1. The molecule has 3 rings (SSSR count). The Kier molecular flexibility index (Phi) is 3.14. The molecule has 1 heterocycles. The van der Waals surface area contributed by atoms with Crippen LogP contribution < -0.4 is 10.2 Å². The highest BCUT2D eigenvalue weighted by atomic mass is 16.2. The maximum Gasteiger partial charge on any atom is 0.255 e. The first kappa shape index (κ1) is 12.3. The Morgan fingerprint density at radius 3 is 2.55 bits per heavy atom. The lowest BCUT2D eigenvalue weighted by Gasteiger charge is -2.15. The number of hydrogen-bond donors (Lipinski definition) is 1. The summed E-state index contributed by atoms with van der Waals surface area (Å²) >= 11 is 0. The van der Waals surface area contributed by atoms with Crippen molar-refractivity contribution in [3.05, 3.63) is 60.2 Å². The van der Waals surface area contributed by atoms with Gasteiger partial charge in [-0.15, -0.1) is 6.42 Å². The van der Waals surface area contributed by atoms with Gasteiger partial charge in [0.05, 0.1) is 12.2 Å². The molecular formula is C17H14N2O. The molecule has 1 aliphatic heterocycles. The number of carbonyl (C=O) groups is 1. The minimum Gasteiger partial charge on any atom is -0.370 e. The van der Waals surface area contributed by atoms with Crippen LogP contribution in [0.5, 0.6) is 0 Å². The molecule has 1 atom stereocenters. The standard InChI is InChI=1S/C17H14N2O/c1-2-12-19-15-11-7-6-10-14(15)16(17(19)20)18-13-8-4-3-5-9-13/h1,3-11,16,18H,12H2. The molecule has 3 nitrogen and oxygen atoms in total. The fraction of sp³-hybridized carbons (Fsp3) is 0.118. The lowest BCUT2D eigenvalue weighted by atomic mass is 10.1. The van der Waals surface area contributed by atoms with Crippen LogP contribution in [0.4, 0.5) is 11.4 Å². The van der Waals surface area contributed by atoms with E-state index in [1.807, 2.05) is 54.6 Å². The first-order valence-electron chi connectivity index (χ1n) is 6.46. The zero-order chi connectivity index (χ0) is 13.9. The number of anilines is 2. The molecule has 0 spiro atoms. The summed E-state index contributed by atoms with van der Waals surface area (Å²) < 4.78 is 0. The van der Waals surface area contributed by atoms with Gasteiger partial charge in [0.1, 0.15) is 6.04 Å². The van der Waals surface area contributed by atoms with E-state index >= 15 is 0 Å². The first-order valence-corrected chi connectivity index (χ1v) is 6.46. The molecule has 20 heavy (non-hydrogen) atoms. The van der Waals surface area contributed by atoms with E-state index in [-0.39, 0.29) is 11.9 Å². The number of nitrogens with one attached hydrogen (secondary N) is 1. The lowest BCUT2D eigenvalue weighted by Crippen LogP contribution is -2.31. The van der Waals surface area contributed by atoms with Crippen molar-refractivity contribution in [3.63, 3.8) is 0 Å². The van der Waals surface area contributed by atoms with Crippen molar-refractivity contribution >= 4 is 17.3 Å². The summed E-state index contributed by atoms with van der Waals surface area (Å²) in [5.41, 5.74) is 2.78. The van der Waals surface area contributed by atoms with Crippen molar-refractivity contribution in [3.8, 4) is 12.3 Å². The van der Waals surface area contributed by atoms with Gasteiger partial charge in [0.2, 0.25) is 0 Å². The van der Waals surface area contributed by atoms with Gasteiger partial charge in [-0.3, -0.25) is 9.69 Å². The zero-order valence-electron chi connectivity index (χ0n) is 10.9. The van der Waals surface area contributed by atoms with Gasteiger partial charge in [-0.2, -0.15) is 0 Å². The van der Waals surface area contributed by atoms with Gasteiger partial charge in [0, 0.05) is 11.3 Å². The minimum absolute atomic E-state index is 0.00648. The Morgan fingerprint density at radius 1 is 1.10 bits per heavy atom. The van der Waals surface area contributed by atoms with Crippen LogP contribution >= 0.6 is 0 Å². The van der Waals surface area contributed by atoms with Crippen LogP contribution in [0.2, 0.25) is 0 Å². The fourth-order valence-electron chi connectivity index (χ4n) is 2.48. The molecule has 3 heteroatoms. The lowest BCUT2D eigenvalue weighted by molar-refractivity contribution is -0.118. The summed E-state index contributed by atoms with van der Waals surface area (Å²) in [5.74, 6) is 2.54. The molecule has 0 fully saturated rings. The fourth-order valence-corrected chi connectivity index (χ4v) is 2.48. The Hall–Kier alpha value is -2.73. The molecule has 0 radical (unpaired) electrons. The number of hydrogen-bond acceptors (Lipinski definition) is 2. The van der Waals surface area contributed by atoms with Crippen molar-refractivity contribution in [1.29, 1.82) is 0 Å². The molecule has 2 aromatic rings. The number of rotatable bonds is 3. The Bertz CT molecular complexity index is 673. The number of benzene rings is 2. The van der Waals surface area contributed by atoms with Crippen molar-refractivity contribution in [1.82, 2.24) is 0 Å². The van der Waals surface area contributed by atoms with E-state index in [1.54, 1.807) is 4.90 Å². The van der Waals surface area contributed by atoms with E-state index in [4.69, 9.17) is 6.42 Å². The third-order valence-corrected chi connectivity index (χ3v) is 3.39.